The molecule has 0 aliphatic heterocycles. The third-order valence-electron chi connectivity index (χ3n) is 3.98. The van der Waals surface area contributed by atoms with Crippen LogP contribution in [-0.2, 0) is 0 Å². The van der Waals surface area contributed by atoms with Crippen molar-refractivity contribution in [1.82, 2.24) is 0 Å². The summed E-state index contributed by atoms with van der Waals surface area (Å²) in [5.74, 6) is 2.52. The van der Waals surface area contributed by atoms with Crippen LogP contribution in [0.15, 0.2) is 12.1 Å². The zero-order chi connectivity index (χ0) is 13.8. The average Bonchev–Trinajstić information content (AvgIpc) is 2.98. The van der Waals surface area contributed by atoms with Crippen molar-refractivity contribution in [1.29, 1.82) is 0 Å². The zero-order valence-corrected chi connectivity index (χ0v) is 13.2. The van der Waals surface area contributed by atoms with Crippen LogP contribution in [0.4, 0.5) is 0 Å². The van der Waals surface area contributed by atoms with Gasteiger partial charge in [0, 0.05) is 6.04 Å². The molecular formula is C15H24ClNO3. The Morgan fingerprint density at radius 1 is 1.00 bits per heavy atom. The lowest BCUT2D eigenvalue weighted by Crippen LogP contribution is -2.19. The molecule has 20 heavy (non-hydrogen) atoms. The van der Waals surface area contributed by atoms with Gasteiger partial charge in [0.15, 0.2) is 11.5 Å². The molecule has 0 spiro atoms. The summed E-state index contributed by atoms with van der Waals surface area (Å²) in [5.41, 5.74) is 7.44. The van der Waals surface area contributed by atoms with Crippen molar-refractivity contribution in [3.63, 3.8) is 0 Å². The maximum atomic E-state index is 6.39. The number of halogens is 1. The fourth-order valence-corrected chi connectivity index (χ4v) is 2.88. The largest absolute Gasteiger partial charge is 0.493 e. The van der Waals surface area contributed by atoms with E-state index in [1.807, 2.05) is 12.1 Å². The minimum atomic E-state index is 0. The quantitative estimate of drug-likeness (QED) is 0.906. The van der Waals surface area contributed by atoms with Crippen molar-refractivity contribution in [3.05, 3.63) is 17.7 Å². The highest BCUT2D eigenvalue weighted by atomic mass is 35.5. The zero-order valence-electron chi connectivity index (χ0n) is 12.3. The van der Waals surface area contributed by atoms with Gasteiger partial charge in [-0.2, -0.15) is 0 Å². The molecule has 0 amide bonds. The van der Waals surface area contributed by atoms with Gasteiger partial charge in [0.1, 0.15) is 0 Å². The van der Waals surface area contributed by atoms with E-state index < -0.39 is 0 Å². The SMILES string of the molecule is COc1cc([C@H](N)C2CCCC2)cc(OC)c1OC.Cl. The topological polar surface area (TPSA) is 53.7 Å². The third kappa shape index (κ3) is 3.30. The minimum absolute atomic E-state index is 0. The predicted octanol–water partition coefficient (Wildman–Crippen LogP) is 3.32. The number of rotatable bonds is 5. The maximum absolute atomic E-state index is 6.39. The smallest absolute Gasteiger partial charge is 0.203 e. The summed E-state index contributed by atoms with van der Waals surface area (Å²) in [6, 6.07) is 3.96. The Hall–Kier alpha value is -1.13. The summed E-state index contributed by atoms with van der Waals surface area (Å²) in [4.78, 5) is 0. The first-order valence-electron chi connectivity index (χ1n) is 6.76. The molecule has 0 bridgehead atoms. The van der Waals surface area contributed by atoms with E-state index in [-0.39, 0.29) is 18.4 Å². The first-order chi connectivity index (χ1) is 9.21. The number of ether oxygens (including phenoxy) is 3. The van der Waals surface area contributed by atoms with E-state index in [4.69, 9.17) is 19.9 Å². The summed E-state index contributed by atoms with van der Waals surface area (Å²) in [6.45, 7) is 0. The fourth-order valence-electron chi connectivity index (χ4n) is 2.88. The molecule has 0 unspecified atom stereocenters. The number of nitrogens with two attached hydrogens (primary N) is 1. The monoisotopic (exact) mass is 301 g/mol. The second-order valence-electron chi connectivity index (χ2n) is 5.03. The highest BCUT2D eigenvalue weighted by Gasteiger charge is 2.25. The van der Waals surface area contributed by atoms with Crippen molar-refractivity contribution in [3.8, 4) is 17.2 Å². The van der Waals surface area contributed by atoms with Gasteiger partial charge in [-0.3, -0.25) is 0 Å². The lowest BCUT2D eigenvalue weighted by Gasteiger charge is -2.21. The van der Waals surface area contributed by atoms with Gasteiger partial charge in [0.25, 0.3) is 0 Å². The Morgan fingerprint density at radius 2 is 1.50 bits per heavy atom. The second kappa shape index (κ2) is 7.60. The van der Waals surface area contributed by atoms with Crippen LogP contribution in [0.25, 0.3) is 0 Å². The number of methoxy groups -OCH3 is 3. The standard InChI is InChI=1S/C15H23NO3.ClH/c1-17-12-8-11(9-13(18-2)15(12)19-3)14(16)10-6-4-5-7-10;/h8-10,14H,4-7,16H2,1-3H3;1H/t14-;/m1./s1. The highest BCUT2D eigenvalue weighted by Crippen LogP contribution is 2.42. The first kappa shape index (κ1) is 16.9. The van der Waals surface area contributed by atoms with Gasteiger partial charge in [-0.1, -0.05) is 12.8 Å². The highest BCUT2D eigenvalue weighted by molar-refractivity contribution is 5.85. The molecule has 1 aliphatic rings. The molecule has 114 valence electrons. The van der Waals surface area contributed by atoms with Gasteiger partial charge in [-0.05, 0) is 36.5 Å². The molecule has 1 aromatic rings. The second-order valence-corrected chi connectivity index (χ2v) is 5.03. The average molecular weight is 302 g/mol. The summed E-state index contributed by atoms with van der Waals surface area (Å²) in [5, 5.41) is 0. The lowest BCUT2D eigenvalue weighted by molar-refractivity contribution is 0.322. The summed E-state index contributed by atoms with van der Waals surface area (Å²) >= 11 is 0. The lowest BCUT2D eigenvalue weighted by atomic mass is 9.92. The molecule has 2 N–H and O–H groups in total. The molecule has 4 nitrogen and oxygen atoms in total. The Labute approximate surface area is 127 Å². The molecule has 2 rings (SSSR count). The van der Waals surface area contributed by atoms with Gasteiger partial charge in [-0.25, -0.2) is 0 Å². The van der Waals surface area contributed by atoms with Crippen molar-refractivity contribution in [2.24, 2.45) is 11.7 Å². The van der Waals surface area contributed by atoms with E-state index in [0.717, 1.165) is 5.56 Å². The summed E-state index contributed by atoms with van der Waals surface area (Å²) < 4.78 is 16.1. The van der Waals surface area contributed by atoms with E-state index in [9.17, 15) is 0 Å². The van der Waals surface area contributed by atoms with Crippen molar-refractivity contribution < 1.29 is 14.2 Å². The molecule has 1 saturated carbocycles. The molecule has 0 radical (unpaired) electrons. The van der Waals surface area contributed by atoms with E-state index in [0.29, 0.717) is 23.2 Å². The van der Waals surface area contributed by atoms with Crippen molar-refractivity contribution >= 4 is 12.4 Å². The summed E-state index contributed by atoms with van der Waals surface area (Å²) in [7, 11) is 4.86. The van der Waals surface area contributed by atoms with E-state index in [1.54, 1.807) is 21.3 Å². The van der Waals surface area contributed by atoms with Gasteiger partial charge in [0.05, 0.1) is 21.3 Å². The van der Waals surface area contributed by atoms with Crippen LogP contribution in [0.5, 0.6) is 17.2 Å². The van der Waals surface area contributed by atoms with Crippen molar-refractivity contribution in [2.75, 3.05) is 21.3 Å². The molecule has 1 aromatic carbocycles. The molecule has 1 fully saturated rings. The third-order valence-corrected chi connectivity index (χ3v) is 3.98. The van der Waals surface area contributed by atoms with Crippen LogP contribution in [0.3, 0.4) is 0 Å². The van der Waals surface area contributed by atoms with Crippen LogP contribution in [0.2, 0.25) is 0 Å². The summed E-state index contributed by atoms with van der Waals surface area (Å²) in [6.07, 6.45) is 4.97. The van der Waals surface area contributed by atoms with Gasteiger partial charge < -0.3 is 19.9 Å². The molecule has 0 saturated heterocycles. The molecule has 1 atom stereocenters. The number of benzene rings is 1. The van der Waals surface area contributed by atoms with Crippen molar-refractivity contribution in [2.45, 2.75) is 31.7 Å². The van der Waals surface area contributed by atoms with Crippen LogP contribution in [0.1, 0.15) is 37.3 Å². The Kier molecular flexibility index (Phi) is 6.43. The van der Waals surface area contributed by atoms with Gasteiger partial charge in [0.2, 0.25) is 5.75 Å². The van der Waals surface area contributed by atoms with E-state index in [1.165, 1.54) is 25.7 Å². The molecular weight excluding hydrogens is 278 g/mol. The maximum Gasteiger partial charge on any atom is 0.203 e. The molecule has 0 heterocycles. The Bertz CT molecular complexity index is 408. The van der Waals surface area contributed by atoms with E-state index >= 15 is 0 Å². The minimum Gasteiger partial charge on any atom is -0.493 e. The normalized spacial score (nSPS) is 16.4. The number of hydrogen-bond acceptors (Lipinski definition) is 4. The molecule has 1 aliphatic carbocycles. The van der Waals surface area contributed by atoms with Crippen LogP contribution in [0, 0.1) is 5.92 Å². The van der Waals surface area contributed by atoms with Gasteiger partial charge in [-0.15, -0.1) is 12.4 Å². The Balaban J connectivity index is 0.00000200. The van der Waals surface area contributed by atoms with Crippen LogP contribution < -0.4 is 19.9 Å². The molecule has 0 aromatic heterocycles. The predicted molar refractivity (Wildman–Crippen MR) is 82.2 cm³/mol. The molecule has 5 heteroatoms. The van der Waals surface area contributed by atoms with Gasteiger partial charge >= 0.3 is 0 Å². The first-order valence-corrected chi connectivity index (χ1v) is 6.76. The van der Waals surface area contributed by atoms with Crippen LogP contribution in [-0.4, -0.2) is 21.3 Å². The number of hydrogen-bond donors (Lipinski definition) is 1. The van der Waals surface area contributed by atoms with Crippen LogP contribution >= 0.6 is 12.4 Å². The van der Waals surface area contributed by atoms with E-state index in [2.05, 4.69) is 0 Å². The fraction of sp³-hybridized carbons (Fsp3) is 0.600. The Morgan fingerprint density at radius 3 is 1.90 bits per heavy atom.